The molecule has 1 aromatic heterocycles. The fourth-order valence-corrected chi connectivity index (χ4v) is 2.22. The van der Waals surface area contributed by atoms with Crippen LogP contribution >= 0.6 is 15.9 Å². The first kappa shape index (κ1) is 11.7. The van der Waals surface area contributed by atoms with Crippen molar-refractivity contribution in [1.82, 2.24) is 15.1 Å². The van der Waals surface area contributed by atoms with Crippen molar-refractivity contribution in [1.29, 1.82) is 5.26 Å². The summed E-state index contributed by atoms with van der Waals surface area (Å²) >= 11 is 3.35. The third kappa shape index (κ3) is 2.16. The van der Waals surface area contributed by atoms with Gasteiger partial charge >= 0.3 is 0 Å². The van der Waals surface area contributed by atoms with E-state index < -0.39 is 0 Å². The maximum Gasteiger partial charge on any atom is 0.115 e. The molecule has 92 valence electrons. The van der Waals surface area contributed by atoms with Gasteiger partial charge in [0.1, 0.15) is 17.1 Å². The van der Waals surface area contributed by atoms with Gasteiger partial charge in [-0.2, -0.15) is 10.1 Å². The zero-order valence-corrected chi connectivity index (χ0v) is 11.3. The summed E-state index contributed by atoms with van der Waals surface area (Å²) in [6.45, 7) is 0. The molecule has 0 saturated carbocycles. The van der Waals surface area contributed by atoms with E-state index >= 15 is 0 Å². The molecule has 0 bridgehead atoms. The Hall–Kier alpha value is -2.39. The van der Waals surface area contributed by atoms with Crippen molar-refractivity contribution in [3.63, 3.8) is 0 Å². The highest BCUT2D eigenvalue weighted by molar-refractivity contribution is 9.10. The Labute approximate surface area is 117 Å². The van der Waals surface area contributed by atoms with Crippen LogP contribution in [0.4, 0.5) is 5.69 Å². The van der Waals surface area contributed by atoms with Gasteiger partial charge in [-0.3, -0.25) is 5.43 Å². The van der Waals surface area contributed by atoms with Crippen LogP contribution in [0.5, 0.6) is 0 Å². The van der Waals surface area contributed by atoms with Crippen LogP contribution in [0.2, 0.25) is 0 Å². The summed E-state index contributed by atoms with van der Waals surface area (Å²) in [7, 11) is 0. The monoisotopic (exact) mass is 313 g/mol. The molecule has 2 aromatic carbocycles. The number of halogens is 1. The van der Waals surface area contributed by atoms with Gasteiger partial charge in [0.25, 0.3) is 0 Å². The molecule has 3 aromatic rings. The summed E-state index contributed by atoms with van der Waals surface area (Å²) < 4.78 is 0.740. The average Bonchev–Trinajstić information content (AvgIpc) is 2.83. The van der Waals surface area contributed by atoms with Crippen molar-refractivity contribution < 1.29 is 0 Å². The number of aromatic nitrogens is 3. The lowest BCUT2D eigenvalue weighted by atomic mass is 10.2. The van der Waals surface area contributed by atoms with Crippen LogP contribution in [-0.2, 0) is 0 Å². The molecule has 0 fully saturated rings. The Morgan fingerprint density at radius 1 is 1.21 bits per heavy atom. The van der Waals surface area contributed by atoms with Crippen molar-refractivity contribution >= 4 is 32.7 Å². The number of nitrogens with zero attached hydrogens (tertiary/aromatic N) is 4. The quantitative estimate of drug-likeness (QED) is 0.790. The lowest BCUT2D eigenvalue weighted by molar-refractivity contribution is 0.765. The van der Waals surface area contributed by atoms with Crippen LogP contribution in [-0.4, -0.2) is 15.1 Å². The number of nitriles is 1. The van der Waals surface area contributed by atoms with E-state index in [1.807, 2.05) is 36.4 Å². The van der Waals surface area contributed by atoms with Crippen molar-refractivity contribution in [2.75, 3.05) is 5.43 Å². The summed E-state index contributed by atoms with van der Waals surface area (Å²) in [5.41, 5.74) is 6.25. The number of hydrogen-bond acceptors (Lipinski definition) is 4. The molecule has 6 heteroatoms. The van der Waals surface area contributed by atoms with E-state index in [4.69, 9.17) is 5.26 Å². The zero-order chi connectivity index (χ0) is 13.2. The predicted molar refractivity (Wildman–Crippen MR) is 75.4 cm³/mol. The molecule has 5 nitrogen and oxygen atoms in total. The van der Waals surface area contributed by atoms with Crippen molar-refractivity contribution in [3.05, 3.63) is 52.5 Å². The maximum absolute atomic E-state index is 8.88. The van der Waals surface area contributed by atoms with E-state index in [1.54, 1.807) is 10.9 Å². The largest absolute Gasteiger partial charge is 0.276 e. The molecule has 1 heterocycles. The minimum absolute atomic E-state index is 0.592. The molecule has 0 amide bonds. The van der Waals surface area contributed by atoms with E-state index in [9.17, 15) is 0 Å². The van der Waals surface area contributed by atoms with Crippen LogP contribution in [0, 0.1) is 11.3 Å². The predicted octanol–water partition coefficient (Wildman–Crippen LogP) is 2.94. The fourth-order valence-electron chi connectivity index (χ4n) is 1.75. The molecule has 0 aliphatic heterocycles. The third-order valence-corrected chi connectivity index (χ3v) is 3.33. The van der Waals surface area contributed by atoms with E-state index in [0.29, 0.717) is 5.56 Å². The fraction of sp³-hybridized carbons (Fsp3) is 0. The summed E-state index contributed by atoms with van der Waals surface area (Å²) in [6.07, 6.45) is 0. The van der Waals surface area contributed by atoms with Gasteiger partial charge in [0.15, 0.2) is 0 Å². The Morgan fingerprint density at radius 2 is 2.05 bits per heavy atom. The van der Waals surface area contributed by atoms with Gasteiger partial charge in [0.2, 0.25) is 0 Å². The number of hydrogen-bond donors (Lipinski definition) is 1. The average molecular weight is 314 g/mol. The number of rotatable bonds is 2. The molecule has 0 atom stereocenters. The van der Waals surface area contributed by atoms with Gasteiger partial charge < -0.3 is 0 Å². The molecule has 0 radical (unpaired) electrons. The van der Waals surface area contributed by atoms with Crippen LogP contribution in [0.15, 0.2) is 46.9 Å². The number of nitrogens with one attached hydrogen (secondary N) is 1. The zero-order valence-electron chi connectivity index (χ0n) is 9.71. The second-order valence-corrected chi connectivity index (χ2v) is 4.76. The molecule has 0 spiro atoms. The molecule has 0 aliphatic carbocycles. The van der Waals surface area contributed by atoms with Crippen LogP contribution < -0.4 is 5.43 Å². The lowest BCUT2D eigenvalue weighted by Crippen LogP contribution is -2.10. The third-order valence-electron chi connectivity index (χ3n) is 2.68. The molecule has 3 rings (SSSR count). The van der Waals surface area contributed by atoms with E-state index in [-0.39, 0.29) is 0 Å². The highest BCUT2D eigenvalue weighted by Gasteiger charge is 2.05. The first-order valence-corrected chi connectivity index (χ1v) is 6.34. The molecular formula is C13H8BrN5. The second kappa shape index (κ2) is 4.71. The van der Waals surface area contributed by atoms with Crippen LogP contribution in [0.25, 0.3) is 11.0 Å². The Balaban J connectivity index is 1.97. The van der Waals surface area contributed by atoms with Gasteiger partial charge in [-0.1, -0.05) is 12.1 Å². The maximum atomic E-state index is 8.88. The molecular weight excluding hydrogens is 306 g/mol. The first-order chi connectivity index (χ1) is 9.28. The Bertz CT molecular complexity index is 787. The minimum Gasteiger partial charge on any atom is -0.276 e. The lowest BCUT2D eigenvalue weighted by Gasteiger charge is -2.07. The number of para-hydroxylation sites is 1. The van der Waals surface area contributed by atoms with Gasteiger partial charge in [0.05, 0.1) is 11.3 Å². The highest BCUT2D eigenvalue weighted by atomic mass is 79.9. The van der Waals surface area contributed by atoms with Gasteiger partial charge in [0, 0.05) is 4.47 Å². The number of fused-ring (bicyclic) bond motifs is 1. The molecule has 0 saturated heterocycles. The summed E-state index contributed by atoms with van der Waals surface area (Å²) in [4.78, 5) is 1.60. The summed E-state index contributed by atoms with van der Waals surface area (Å²) in [6, 6.07) is 15.2. The first-order valence-electron chi connectivity index (χ1n) is 5.55. The van der Waals surface area contributed by atoms with Crippen LogP contribution in [0.1, 0.15) is 5.56 Å². The molecule has 0 aliphatic rings. The van der Waals surface area contributed by atoms with Gasteiger partial charge in [-0.15, -0.1) is 5.10 Å². The molecule has 19 heavy (non-hydrogen) atoms. The standard InChI is InChI=1S/C13H8BrN5/c14-11-7-10(6-5-9(11)8-15)17-19-13-4-2-1-3-12(13)16-18-19/h1-7,17H. The van der Waals surface area contributed by atoms with E-state index in [2.05, 4.69) is 37.7 Å². The Kier molecular flexibility index (Phi) is 2.89. The Morgan fingerprint density at radius 3 is 2.84 bits per heavy atom. The molecule has 0 unspecified atom stereocenters. The SMILES string of the molecule is N#Cc1ccc(Nn2nnc3ccccc32)cc1Br. The normalized spacial score (nSPS) is 10.3. The number of anilines is 1. The van der Waals surface area contributed by atoms with Crippen molar-refractivity contribution in [2.45, 2.75) is 0 Å². The van der Waals surface area contributed by atoms with Crippen molar-refractivity contribution in [3.8, 4) is 6.07 Å². The van der Waals surface area contributed by atoms with Crippen LogP contribution in [0.3, 0.4) is 0 Å². The van der Waals surface area contributed by atoms with Gasteiger partial charge in [-0.05, 0) is 51.5 Å². The van der Waals surface area contributed by atoms with E-state index in [1.165, 1.54) is 0 Å². The topological polar surface area (TPSA) is 66.5 Å². The summed E-state index contributed by atoms with van der Waals surface area (Å²) in [5, 5.41) is 17.0. The summed E-state index contributed by atoms with van der Waals surface area (Å²) in [5.74, 6) is 0. The van der Waals surface area contributed by atoms with Crippen molar-refractivity contribution in [2.24, 2.45) is 0 Å². The molecule has 1 N–H and O–H groups in total. The smallest absolute Gasteiger partial charge is 0.115 e. The second-order valence-electron chi connectivity index (χ2n) is 3.91. The highest BCUT2D eigenvalue weighted by Crippen LogP contribution is 2.21. The minimum atomic E-state index is 0.592. The number of benzene rings is 2. The van der Waals surface area contributed by atoms with E-state index in [0.717, 1.165) is 21.2 Å². The van der Waals surface area contributed by atoms with Gasteiger partial charge in [-0.25, -0.2) is 0 Å².